The molecule has 6 nitrogen and oxygen atoms in total. The number of amides is 1. The predicted molar refractivity (Wildman–Crippen MR) is 105 cm³/mol. The predicted octanol–water partition coefficient (Wildman–Crippen LogP) is 4.32. The summed E-state index contributed by atoms with van der Waals surface area (Å²) in [5.41, 5.74) is 4.82. The van der Waals surface area contributed by atoms with Gasteiger partial charge in [0.2, 0.25) is 0 Å². The Balaban J connectivity index is 1.69. The smallest absolute Gasteiger partial charge is 0.262 e. The Kier molecular flexibility index (Phi) is 5.43. The van der Waals surface area contributed by atoms with Gasteiger partial charge in [-0.3, -0.25) is 10.2 Å². The van der Waals surface area contributed by atoms with Crippen LogP contribution in [0.3, 0.4) is 0 Å². The Labute approximate surface area is 161 Å². The van der Waals surface area contributed by atoms with Crippen molar-refractivity contribution in [3.63, 3.8) is 0 Å². The summed E-state index contributed by atoms with van der Waals surface area (Å²) >= 11 is 10.8. The number of nitrogens with zero attached hydrogens (tertiary/aromatic N) is 1. The molecule has 1 heterocycles. The highest BCUT2D eigenvalue weighted by Crippen LogP contribution is 2.33. The molecule has 0 aliphatic carbocycles. The van der Waals surface area contributed by atoms with Gasteiger partial charge in [0.15, 0.2) is 11.7 Å². The first-order valence-corrected chi connectivity index (χ1v) is 9.20. The third-order valence-electron chi connectivity index (χ3n) is 3.35. The summed E-state index contributed by atoms with van der Waals surface area (Å²) in [6, 6.07) is 8.87. The second-order valence-electron chi connectivity index (χ2n) is 5.21. The summed E-state index contributed by atoms with van der Waals surface area (Å²) in [5.74, 6) is 5.75. The molecule has 0 bridgehead atoms. The van der Waals surface area contributed by atoms with Crippen molar-refractivity contribution >= 4 is 65.8 Å². The van der Waals surface area contributed by atoms with E-state index in [4.69, 9.17) is 22.2 Å². The monoisotopic (exact) mass is 440 g/mol. The fourth-order valence-electron chi connectivity index (χ4n) is 2.24. The number of nitrogen functional groups attached to an aromatic ring is 1. The summed E-state index contributed by atoms with van der Waals surface area (Å²) in [7, 11) is 0. The number of fused-ring (bicyclic) bond motifs is 1. The molecule has 0 fully saturated rings. The Hall–Kier alpha value is -1.87. The topological polar surface area (TPSA) is 89.3 Å². The molecule has 25 heavy (non-hydrogen) atoms. The van der Waals surface area contributed by atoms with Gasteiger partial charge in [0.25, 0.3) is 5.91 Å². The van der Waals surface area contributed by atoms with Gasteiger partial charge in [0, 0.05) is 15.2 Å². The van der Waals surface area contributed by atoms with Gasteiger partial charge >= 0.3 is 0 Å². The van der Waals surface area contributed by atoms with E-state index in [1.54, 1.807) is 24.3 Å². The number of nitrogens with two attached hydrogens (primary N) is 1. The summed E-state index contributed by atoms with van der Waals surface area (Å²) in [6.07, 6.45) is 0. The SMILES string of the molecule is Cc1cc(Cl)ccc1OCC(=O)Nc1cc(Br)c2nc(NN)sc2c1. The Bertz CT molecular complexity index is 947. The molecule has 0 radical (unpaired) electrons. The largest absolute Gasteiger partial charge is 0.483 e. The number of rotatable bonds is 5. The van der Waals surface area contributed by atoms with Gasteiger partial charge in [-0.15, -0.1) is 0 Å². The van der Waals surface area contributed by atoms with E-state index < -0.39 is 0 Å². The van der Waals surface area contributed by atoms with Gasteiger partial charge in [-0.2, -0.15) is 0 Å². The minimum atomic E-state index is -0.262. The van der Waals surface area contributed by atoms with E-state index in [0.717, 1.165) is 20.3 Å². The van der Waals surface area contributed by atoms with Crippen LogP contribution in [-0.4, -0.2) is 17.5 Å². The van der Waals surface area contributed by atoms with E-state index >= 15 is 0 Å². The van der Waals surface area contributed by atoms with Crippen LogP contribution in [0.4, 0.5) is 10.8 Å². The first-order chi connectivity index (χ1) is 12.0. The van der Waals surface area contributed by atoms with Gasteiger partial charge in [0.1, 0.15) is 5.75 Å². The van der Waals surface area contributed by atoms with Crippen molar-refractivity contribution in [1.82, 2.24) is 4.98 Å². The van der Waals surface area contributed by atoms with E-state index in [-0.39, 0.29) is 12.5 Å². The maximum absolute atomic E-state index is 12.2. The molecule has 0 spiro atoms. The van der Waals surface area contributed by atoms with E-state index in [1.165, 1.54) is 11.3 Å². The fraction of sp³-hybridized carbons (Fsp3) is 0.125. The third kappa shape index (κ3) is 4.21. The van der Waals surface area contributed by atoms with Crippen LogP contribution in [-0.2, 0) is 4.79 Å². The molecule has 9 heteroatoms. The zero-order valence-electron chi connectivity index (χ0n) is 13.1. The lowest BCUT2D eigenvalue weighted by molar-refractivity contribution is -0.118. The molecule has 3 rings (SSSR count). The first-order valence-electron chi connectivity index (χ1n) is 7.22. The van der Waals surface area contributed by atoms with Crippen molar-refractivity contribution in [2.24, 2.45) is 5.84 Å². The van der Waals surface area contributed by atoms with Crippen LogP contribution in [0.25, 0.3) is 10.2 Å². The number of carbonyl (C=O) groups excluding carboxylic acids is 1. The van der Waals surface area contributed by atoms with Gasteiger partial charge in [-0.25, -0.2) is 10.8 Å². The second kappa shape index (κ2) is 7.57. The number of benzene rings is 2. The minimum Gasteiger partial charge on any atom is -0.483 e. The third-order valence-corrected chi connectivity index (χ3v) is 5.12. The van der Waals surface area contributed by atoms with Crippen LogP contribution in [0, 0.1) is 6.92 Å². The van der Waals surface area contributed by atoms with Crippen molar-refractivity contribution in [2.45, 2.75) is 6.92 Å². The Morgan fingerprint density at radius 2 is 2.20 bits per heavy atom. The quantitative estimate of drug-likeness (QED) is 0.405. The van der Waals surface area contributed by atoms with E-state index in [0.29, 0.717) is 21.6 Å². The summed E-state index contributed by atoms with van der Waals surface area (Å²) < 4.78 is 7.21. The fourth-order valence-corrected chi connectivity index (χ4v) is 3.99. The molecular formula is C16H14BrClN4O2S. The summed E-state index contributed by atoms with van der Waals surface area (Å²) in [4.78, 5) is 16.5. The maximum Gasteiger partial charge on any atom is 0.262 e. The lowest BCUT2D eigenvalue weighted by Gasteiger charge is -2.10. The number of aryl methyl sites for hydroxylation is 1. The second-order valence-corrected chi connectivity index (χ2v) is 7.54. The molecule has 0 saturated heterocycles. The van der Waals surface area contributed by atoms with Gasteiger partial charge in [-0.1, -0.05) is 22.9 Å². The number of carbonyl (C=O) groups is 1. The van der Waals surface area contributed by atoms with Crippen LogP contribution in [0.2, 0.25) is 5.02 Å². The van der Waals surface area contributed by atoms with Crippen LogP contribution < -0.4 is 21.3 Å². The number of hydrazine groups is 1. The standard InChI is InChI=1S/C16H14BrClN4O2S/c1-8-4-9(18)2-3-12(8)24-7-14(23)20-10-5-11(17)15-13(6-10)25-16(21-15)22-19/h2-6H,7,19H2,1H3,(H,20,23)(H,21,22). The minimum absolute atomic E-state index is 0.101. The Morgan fingerprint density at radius 1 is 1.40 bits per heavy atom. The van der Waals surface area contributed by atoms with Gasteiger partial charge in [0.05, 0.1) is 10.2 Å². The molecule has 1 amide bonds. The number of hydrogen-bond donors (Lipinski definition) is 3. The number of nitrogens with one attached hydrogen (secondary N) is 2. The van der Waals surface area contributed by atoms with Crippen molar-refractivity contribution in [1.29, 1.82) is 0 Å². The van der Waals surface area contributed by atoms with Gasteiger partial charge < -0.3 is 10.1 Å². The average molecular weight is 442 g/mol. The number of anilines is 2. The van der Waals surface area contributed by atoms with Crippen molar-refractivity contribution in [3.05, 3.63) is 45.4 Å². The number of thiazole rings is 1. The normalized spacial score (nSPS) is 10.7. The van der Waals surface area contributed by atoms with Crippen molar-refractivity contribution < 1.29 is 9.53 Å². The first kappa shape index (κ1) is 17.9. The molecule has 0 saturated carbocycles. The van der Waals surface area contributed by atoms with Gasteiger partial charge in [-0.05, 0) is 58.7 Å². The number of hydrogen-bond acceptors (Lipinski definition) is 6. The van der Waals surface area contributed by atoms with E-state index in [1.807, 2.05) is 13.0 Å². The molecule has 0 aliphatic heterocycles. The number of aromatic nitrogens is 1. The molecule has 1 aromatic heterocycles. The zero-order chi connectivity index (χ0) is 18.0. The molecule has 3 aromatic rings. The highest BCUT2D eigenvalue weighted by atomic mass is 79.9. The van der Waals surface area contributed by atoms with Crippen molar-refractivity contribution in [3.8, 4) is 5.75 Å². The Morgan fingerprint density at radius 3 is 2.92 bits per heavy atom. The van der Waals surface area contributed by atoms with Crippen molar-refractivity contribution in [2.75, 3.05) is 17.3 Å². The highest BCUT2D eigenvalue weighted by molar-refractivity contribution is 9.10. The number of ether oxygens (including phenoxy) is 1. The molecule has 2 aromatic carbocycles. The van der Waals surface area contributed by atoms with Crippen LogP contribution in [0.1, 0.15) is 5.56 Å². The van der Waals surface area contributed by atoms with Crippen LogP contribution >= 0.6 is 38.9 Å². The molecule has 4 N–H and O–H groups in total. The van der Waals surface area contributed by atoms with E-state index in [9.17, 15) is 4.79 Å². The molecule has 130 valence electrons. The maximum atomic E-state index is 12.2. The number of halogens is 2. The molecule has 0 aliphatic rings. The van der Waals surface area contributed by atoms with Crippen LogP contribution in [0.5, 0.6) is 5.75 Å². The molecule has 0 atom stereocenters. The molecular weight excluding hydrogens is 428 g/mol. The highest BCUT2D eigenvalue weighted by Gasteiger charge is 2.11. The van der Waals surface area contributed by atoms with E-state index in [2.05, 4.69) is 31.7 Å². The lowest BCUT2D eigenvalue weighted by atomic mass is 10.2. The van der Waals surface area contributed by atoms with Crippen LogP contribution in [0.15, 0.2) is 34.8 Å². The zero-order valence-corrected chi connectivity index (χ0v) is 16.3. The lowest BCUT2D eigenvalue weighted by Crippen LogP contribution is -2.20. The summed E-state index contributed by atoms with van der Waals surface area (Å²) in [6.45, 7) is 1.77. The molecule has 0 unspecified atom stereocenters. The average Bonchev–Trinajstić information content (AvgIpc) is 2.98. The summed E-state index contributed by atoms with van der Waals surface area (Å²) in [5, 5.41) is 4.04.